The molecule has 0 bridgehead atoms. The zero-order chi connectivity index (χ0) is 19.6. The van der Waals surface area contributed by atoms with Gasteiger partial charge in [0, 0.05) is 4.88 Å². The Hall–Kier alpha value is -1.93. The minimum absolute atomic E-state index is 0.0216. The van der Waals surface area contributed by atoms with E-state index in [0.717, 1.165) is 33.9 Å². The van der Waals surface area contributed by atoms with Crippen LogP contribution in [0.25, 0.3) is 0 Å². The van der Waals surface area contributed by atoms with E-state index in [2.05, 4.69) is 10.6 Å². The van der Waals surface area contributed by atoms with Gasteiger partial charge in [0.25, 0.3) is 11.8 Å². The molecule has 0 aliphatic carbocycles. The average molecular weight is 443 g/mol. The first-order valence-electron chi connectivity index (χ1n) is 7.72. The van der Waals surface area contributed by atoms with Crippen molar-refractivity contribution >= 4 is 62.7 Å². The second-order valence-electron chi connectivity index (χ2n) is 5.59. The lowest BCUT2D eigenvalue weighted by Gasteiger charge is -2.04. The number of carbonyl (C=O) groups excluding carboxylic acids is 2. The fraction of sp³-hybridized carbons (Fsp3) is 0.111. The van der Waals surface area contributed by atoms with Crippen molar-refractivity contribution in [1.29, 1.82) is 0 Å². The third-order valence-corrected chi connectivity index (χ3v) is 6.28. The molecule has 0 atom stereocenters. The van der Waals surface area contributed by atoms with E-state index in [0.29, 0.717) is 20.8 Å². The molecule has 2 amide bonds. The van der Waals surface area contributed by atoms with E-state index in [4.69, 9.17) is 23.2 Å². The Morgan fingerprint density at radius 3 is 2.52 bits per heavy atom. The van der Waals surface area contributed by atoms with Crippen LogP contribution in [-0.4, -0.2) is 11.8 Å². The van der Waals surface area contributed by atoms with Crippen LogP contribution in [-0.2, 0) is 6.54 Å². The van der Waals surface area contributed by atoms with E-state index < -0.39 is 11.7 Å². The number of hydrogen-bond acceptors (Lipinski definition) is 4. The molecule has 3 rings (SSSR count). The zero-order valence-corrected chi connectivity index (χ0v) is 17.1. The van der Waals surface area contributed by atoms with Gasteiger partial charge in [0.05, 0.1) is 31.3 Å². The molecule has 0 aliphatic heterocycles. The molecule has 0 spiro atoms. The lowest BCUT2D eigenvalue weighted by atomic mass is 10.2. The highest BCUT2D eigenvalue weighted by Crippen LogP contribution is 2.28. The molecule has 2 N–H and O–H groups in total. The Labute approximate surface area is 172 Å². The Morgan fingerprint density at radius 2 is 1.85 bits per heavy atom. The summed E-state index contributed by atoms with van der Waals surface area (Å²) in [5.74, 6) is -1.22. The standard InChI is InChI=1S/C18H13Cl2FN2O2S2/c1-9-6-15(23-17(24)12-4-2-10(21)7-13(12)19)27-16(9)18(25)22-8-11-3-5-14(20)26-11/h2-7H,8H2,1H3,(H,22,25)(H,23,24). The molecular weight excluding hydrogens is 430 g/mol. The van der Waals surface area contributed by atoms with Crippen molar-refractivity contribution in [2.75, 3.05) is 5.32 Å². The van der Waals surface area contributed by atoms with Crippen LogP contribution in [0.15, 0.2) is 36.4 Å². The van der Waals surface area contributed by atoms with Crippen molar-refractivity contribution in [3.63, 3.8) is 0 Å². The maximum Gasteiger partial charge on any atom is 0.261 e. The summed E-state index contributed by atoms with van der Waals surface area (Å²) in [6, 6.07) is 8.89. The number of aryl methyl sites for hydroxylation is 1. The van der Waals surface area contributed by atoms with E-state index in [9.17, 15) is 14.0 Å². The summed E-state index contributed by atoms with van der Waals surface area (Å²) in [6.07, 6.45) is 0. The van der Waals surface area contributed by atoms with E-state index >= 15 is 0 Å². The number of amides is 2. The number of benzene rings is 1. The summed E-state index contributed by atoms with van der Waals surface area (Å²) in [6.45, 7) is 2.16. The van der Waals surface area contributed by atoms with Crippen LogP contribution in [0, 0.1) is 12.7 Å². The van der Waals surface area contributed by atoms with Gasteiger partial charge < -0.3 is 10.6 Å². The van der Waals surface area contributed by atoms with Crippen molar-refractivity contribution in [3.8, 4) is 0 Å². The molecule has 0 saturated carbocycles. The maximum absolute atomic E-state index is 13.1. The lowest BCUT2D eigenvalue weighted by Crippen LogP contribution is -2.21. The van der Waals surface area contributed by atoms with Crippen molar-refractivity contribution in [2.45, 2.75) is 13.5 Å². The molecule has 0 aliphatic rings. The number of halogens is 3. The van der Waals surface area contributed by atoms with Crippen LogP contribution in [0.4, 0.5) is 9.39 Å². The topological polar surface area (TPSA) is 58.2 Å². The predicted molar refractivity (Wildman–Crippen MR) is 109 cm³/mol. The van der Waals surface area contributed by atoms with Gasteiger partial charge in [-0.2, -0.15) is 0 Å². The first kappa shape index (κ1) is 19.8. The summed E-state index contributed by atoms with van der Waals surface area (Å²) in [5, 5.41) is 6.04. The molecule has 2 heterocycles. The average Bonchev–Trinajstić information content (AvgIpc) is 3.18. The highest BCUT2D eigenvalue weighted by molar-refractivity contribution is 7.18. The summed E-state index contributed by atoms with van der Waals surface area (Å²) < 4.78 is 13.8. The highest BCUT2D eigenvalue weighted by atomic mass is 35.5. The quantitative estimate of drug-likeness (QED) is 0.528. The number of hydrogen-bond donors (Lipinski definition) is 2. The highest BCUT2D eigenvalue weighted by Gasteiger charge is 2.17. The molecule has 0 saturated heterocycles. The molecule has 3 aromatic rings. The summed E-state index contributed by atoms with van der Waals surface area (Å²) in [4.78, 5) is 26.2. The Bertz CT molecular complexity index is 1020. The van der Waals surface area contributed by atoms with E-state index in [-0.39, 0.29) is 16.5 Å². The van der Waals surface area contributed by atoms with Gasteiger partial charge in [0.1, 0.15) is 5.82 Å². The van der Waals surface area contributed by atoms with Crippen molar-refractivity contribution < 1.29 is 14.0 Å². The second kappa shape index (κ2) is 8.39. The third kappa shape index (κ3) is 4.87. The largest absolute Gasteiger partial charge is 0.346 e. The maximum atomic E-state index is 13.1. The molecular formula is C18H13Cl2FN2O2S2. The van der Waals surface area contributed by atoms with Gasteiger partial charge in [-0.15, -0.1) is 22.7 Å². The van der Waals surface area contributed by atoms with Crippen LogP contribution in [0.2, 0.25) is 9.36 Å². The van der Waals surface area contributed by atoms with Gasteiger partial charge in [-0.05, 0) is 48.9 Å². The molecule has 0 fully saturated rings. The number of rotatable bonds is 5. The van der Waals surface area contributed by atoms with Crippen molar-refractivity contribution in [3.05, 3.63) is 72.5 Å². The fourth-order valence-electron chi connectivity index (χ4n) is 2.32. The van der Waals surface area contributed by atoms with Gasteiger partial charge in [-0.3, -0.25) is 9.59 Å². The smallest absolute Gasteiger partial charge is 0.261 e. The Morgan fingerprint density at radius 1 is 1.07 bits per heavy atom. The van der Waals surface area contributed by atoms with E-state index in [1.807, 2.05) is 6.07 Å². The van der Waals surface area contributed by atoms with Crippen LogP contribution >= 0.6 is 45.9 Å². The second-order valence-corrected chi connectivity index (χ2v) is 8.85. The summed E-state index contributed by atoms with van der Waals surface area (Å²) >= 11 is 14.3. The van der Waals surface area contributed by atoms with Gasteiger partial charge in [-0.25, -0.2) is 4.39 Å². The monoisotopic (exact) mass is 442 g/mol. The molecule has 4 nitrogen and oxygen atoms in total. The summed E-state index contributed by atoms with van der Waals surface area (Å²) in [7, 11) is 0. The van der Waals surface area contributed by atoms with Crippen molar-refractivity contribution in [2.24, 2.45) is 0 Å². The Kier molecular flexibility index (Phi) is 6.16. The van der Waals surface area contributed by atoms with Crippen LogP contribution < -0.4 is 10.6 Å². The van der Waals surface area contributed by atoms with E-state index in [1.54, 1.807) is 19.1 Å². The van der Waals surface area contributed by atoms with Gasteiger partial charge in [-0.1, -0.05) is 23.2 Å². The number of anilines is 1. The normalized spacial score (nSPS) is 10.7. The van der Waals surface area contributed by atoms with Crippen LogP contribution in [0.1, 0.15) is 30.5 Å². The first-order valence-corrected chi connectivity index (χ1v) is 10.1. The van der Waals surface area contributed by atoms with E-state index in [1.165, 1.54) is 17.4 Å². The first-order chi connectivity index (χ1) is 12.8. The molecule has 27 heavy (non-hydrogen) atoms. The summed E-state index contributed by atoms with van der Waals surface area (Å²) in [5.41, 5.74) is 0.895. The molecule has 140 valence electrons. The molecule has 0 unspecified atom stereocenters. The number of thiophene rings is 2. The molecule has 1 aromatic carbocycles. The lowest BCUT2D eigenvalue weighted by molar-refractivity contribution is 0.0953. The fourth-order valence-corrected chi connectivity index (χ4v) is 4.58. The van der Waals surface area contributed by atoms with Crippen LogP contribution in [0.5, 0.6) is 0 Å². The SMILES string of the molecule is Cc1cc(NC(=O)c2ccc(F)cc2Cl)sc1C(=O)NCc1ccc(Cl)s1. The minimum atomic E-state index is -0.519. The van der Waals surface area contributed by atoms with Gasteiger partial charge in [0.15, 0.2) is 0 Å². The van der Waals surface area contributed by atoms with Crippen molar-refractivity contribution in [1.82, 2.24) is 5.32 Å². The minimum Gasteiger partial charge on any atom is -0.346 e. The van der Waals surface area contributed by atoms with Gasteiger partial charge >= 0.3 is 0 Å². The molecule has 2 aromatic heterocycles. The van der Waals surface area contributed by atoms with Crippen LogP contribution in [0.3, 0.4) is 0 Å². The zero-order valence-electron chi connectivity index (χ0n) is 13.9. The Balaban J connectivity index is 1.68. The van der Waals surface area contributed by atoms with Gasteiger partial charge in [0.2, 0.25) is 0 Å². The molecule has 9 heteroatoms. The predicted octanol–water partition coefficient (Wildman–Crippen LogP) is 5.75. The number of nitrogens with one attached hydrogen (secondary N) is 2. The number of carbonyl (C=O) groups is 2. The third-order valence-electron chi connectivity index (χ3n) is 3.59. The molecule has 0 radical (unpaired) electrons.